The summed E-state index contributed by atoms with van der Waals surface area (Å²) in [5.74, 6) is 0. The predicted molar refractivity (Wildman–Crippen MR) is 79.9 cm³/mol. The number of nitrogens with two attached hydrogens (primary N) is 1. The van der Waals surface area contributed by atoms with E-state index in [4.69, 9.17) is 5.73 Å². The maximum Gasteiger partial charge on any atom is 0.319 e. The van der Waals surface area contributed by atoms with Crippen molar-refractivity contribution in [3.63, 3.8) is 0 Å². The molecule has 0 bridgehead atoms. The van der Waals surface area contributed by atoms with Gasteiger partial charge in [-0.3, -0.25) is 0 Å². The highest BCUT2D eigenvalue weighted by Gasteiger charge is 2.22. The van der Waals surface area contributed by atoms with Crippen LogP contribution in [0.5, 0.6) is 0 Å². The third-order valence-electron chi connectivity index (χ3n) is 2.30. The van der Waals surface area contributed by atoms with Gasteiger partial charge in [-0.2, -0.15) is 0 Å². The molecule has 1 rings (SSSR count). The monoisotopic (exact) mass is 300 g/mol. The normalized spacial score (nSPS) is 11.9. The number of anilines is 2. The quantitative estimate of drug-likeness (QED) is 0.600. The highest BCUT2D eigenvalue weighted by molar-refractivity contribution is 7.88. The van der Waals surface area contributed by atoms with Crippen LogP contribution in [0.15, 0.2) is 24.3 Å². The van der Waals surface area contributed by atoms with Crippen LogP contribution in [-0.4, -0.2) is 32.8 Å². The van der Waals surface area contributed by atoms with Crippen LogP contribution in [0.4, 0.5) is 16.2 Å². The van der Waals surface area contributed by atoms with Crippen LogP contribution in [0.1, 0.15) is 13.8 Å². The first-order valence-corrected chi connectivity index (χ1v) is 7.86. The molecule has 0 saturated carbocycles. The number of nitrogen functional groups attached to an aromatic ring is 1. The van der Waals surface area contributed by atoms with Gasteiger partial charge in [0.05, 0.1) is 6.26 Å². The molecule has 0 aliphatic rings. The number of rotatable bonds is 5. The van der Waals surface area contributed by atoms with Gasteiger partial charge in [0.15, 0.2) is 0 Å². The summed E-state index contributed by atoms with van der Waals surface area (Å²) < 4.78 is 24.8. The molecule has 0 fully saturated rings. The molecule has 0 atom stereocenters. The van der Waals surface area contributed by atoms with E-state index < -0.39 is 21.6 Å². The maximum absolute atomic E-state index is 11.7. The van der Waals surface area contributed by atoms with Crippen molar-refractivity contribution in [2.75, 3.05) is 23.9 Å². The summed E-state index contributed by atoms with van der Waals surface area (Å²) in [7, 11) is -3.33. The van der Waals surface area contributed by atoms with Crippen LogP contribution in [0.25, 0.3) is 0 Å². The molecule has 1 aromatic rings. The Balaban J connectivity index is 2.51. The van der Waals surface area contributed by atoms with Crippen molar-refractivity contribution < 1.29 is 13.2 Å². The van der Waals surface area contributed by atoms with Gasteiger partial charge in [0.25, 0.3) is 0 Å². The minimum absolute atomic E-state index is 0.147. The molecule has 2 amide bonds. The number of carbonyl (C=O) groups is 1. The van der Waals surface area contributed by atoms with Crippen molar-refractivity contribution in [2.24, 2.45) is 0 Å². The highest BCUT2D eigenvalue weighted by Crippen LogP contribution is 2.11. The smallest absolute Gasteiger partial charge is 0.319 e. The molecule has 0 heterocycles. The summed E-state index contributed by atoms with van der Waals surface area (Å²) in [5, 5.41) is 5.21. The third-order valence-corrected chi connectivity index (χ3v) is 3.22. The lowest BCUT2D eigenvalue weighted by molar-refractivity contribution is 0.249. The van der Waals surface area contributed by atoms with Crippen molar-refractivity contribution >= 4 is 27.4 Å². The van der Waals surface area contributed by atoms with Gasteiger partial charge < -0.3 is 16.4 Å². The Hall–Kier alpha value is -1.80. The van der Waals surface area contributed by atoms with Crippen molar-refractivity contribution in [3.8, 4) is 0 Å². The zero-order chi connectivity index (χ0) is 15.4. The number of nitrogens with one attached hydrogen (secondary N) is 3. The average Bonchev–Trinajstić information content (AvgIpc) is 2.23. The molecule has 8 heteroatoms. The van der Waals surface area contributed by atoms with Crippen LogP contribution >= 0.6 is 0 Å². The molecule has 7 nitrogen and oxygen atoms in total. The molecule has 20 heavy (non-hydrogen) atoms. The van der Waals surface area contributed by atoms with E-state index in [0.717, 1.165) is 6.26 Å². The fraction of sp³-hybridized carbons (Fsp3) is 0.417. The first-order valence-electron chi connectivity index (χ1n) is 5.97. The van der Waals surface area contributed by atoms with E-state index in [0.29, 0.717) is 11.4 Å². The number of urea groups is 1. The lowest BCUT2D eigenvalue weighted by Gasteiger charge is -2.25. The van der Waals surface area contributed by atoms with Gasteiger partial charge in [0, 0.05) is 23.5 Å². The van der Waals surface area contributed by atoms with Gasteiger partial charge in [-0.05, 0) is 32.0 Å². The fourth-order valence-corrected chi connectivity index (χ4v) is 2.71. The van der Waals surface area contributed by atoms with Crippen LogP contribution < -0.4 is 21.1 Å². The van der Waals surface area contributed by atoms with Crippen molar-refractivity contribution in [1.82, 2.24) is 10.0 Å². The lowest BCUT2D eigenvalue weighted by atomic mass is 10.1. The number of hydrogen-bond donors (Lipinski definition) is 4. The van der Waals surface area contributed by atoms with E-state index in [-0.39, 0.29) is 6.54 Å². The Labute approximate surface area is 119 Å². The van der Waals surface area contributed by atoms with Gasteiger partial charge in [-0.25, -0.2) is 17.9 Å². The Morgan fingerprint density at radius 3 is 2.55 bits per heavy atom. The van der Waals surface area contributed by atoms with Gasteiger partial charge in [0.2, 0.25) is 10.0 Å². The van der Waals surface area contributed by atoms with E-state index in [2.05, 4.69) is 15.4 Å². The summed E-state index contributed by atoms with van der Waals surface area (Å²) in [6.07, 6.45) is 1.07. The predicted octanol–water partition coefficient (Wildman–Crippen LogP) is 0.718. The van der Waals surface area contributed by atoms with Gasteiger partial charge >= 0.3 is 6.03 Å². The molecule has 1 aromatic carbocycles. The second-order valence-electron chi connectivity index (χ2n) is 5.19. The highest BCUT2D eigenvalue weighted by atomic mass is 32.2. The minimum atomic E-state index is -3.33. The molecule has 0 radical (unpaired) electrons. The fourth-order valence-electron chi connectivity index (χ4n) is 1.63. The molecule has 0 aliphatic heterocycles. The first-order chi connectivity index (χ1) is 9.07. The van der Waals surface area contributed by atoms with E-state index in [1.54, 1.807) is 38.1 Å². The Morgan fingerprint density at radius 2 is 2.00 bits per heavy atom. The number of sulfonamides is 1. The lowest BCUT2D eigenvalue weighted by Crippen LogP contribution is -2.51. The Kier molecular flexibility index (Phi) is 4.96. The largest absolute Gasteiger partial charge is 0.399 e. The van der Waals surface area contributed by atoms with Gasteiger partial charge in [-0.1, -0.05) is 6.07 Å². The second kappa shape index (κ2) is 6.10. The molecule has 0 aromatic heterocycles. The number of amides is 2. The van der Waals surface area contributed by atoms with Gasteiger partial charge in [0.1, 0.15) is 0 Å². The molecule has 0 aliphatic carbocycles. The van der Waals surface area contributed by atoms with Crippen molar-refractivity contribution in [2.45, 2.75) is 19.4 Å². The summed E-state index contributed by atoms with van der Waals surface area (Å²) in [4.78, 5) is 11.7. The second-order valence-corrected chi connectivity index (χ2v) is 6.94. The van der Waals surface area contributed by atoms with Crippen molar-refractivity contribution in [3.05, 3.63) is 24.3 Å². The molecular weight excluding hydrogens is 280 g/mol. The summed E-state index contributed by atoms with van der Waals surface area (Å²) >= 11 is 0. The third kappa shape index (κ3) is 6.39. The summed E-state index contributed by atoms with van der Waals surface area (Å²) in [5.41, 5.74) is 5.93. The van der Waals surface area contributed by atoms with E-state index in [1.807, 2.05) is 0 Å². The maximum atomic E-state index is 11.7. The zero-order valence-corrected chi connectivity index (χ0v) is 12.5. The van der Waals surface area contributed by atoms with E-state index in [9.17, 15) is 13.2 Å². The average molecular weight is 300 g/mol. The Bertz CT molecular complexity index is 584. The van der Waals surface area contributed by atoms with Crippen LogP contribution in [0, 0.1) is 0 Å². The zero-order valence-electron chi connectivity index (χ0n) is 11.7. The minimum Gasteiger partial charge on any atom is -0.399 e. The molecule has 0 saturated heterocycles. The summed E-state index contributed by atoms with van der Waals surface area (Å²) in [6.45, 7) is 3.50. The van der Waals surface area contributed by atoms with E-state index >= 15 is 0 Å². The van der Waals surface area contributed by atoms with Crippen molar-refractivity contribution in [1.29, 1.82) is 0 Å². The topological polar surface area (TPSA) is 113 Å². The summed E-state index contributed by atoms with van der Waals surface area (Å²) in [6, 6.07) is 6.33. The number of hydrogen-bond acceptors (Lipinski definition) is 4. The number of benzene rings is 1. The first kappa shape index (κ1) is 16.3. The standard InChI is InChI=1S/C12H20N4O3S/c1-12(2,16-20(3,18)19)8-14-11(17)15-10-6-4-5-9(13)7-10/h4-7,16H,8,13H2,1-3H3,(H2,14,15,17). The molecular formula is C12H20N4O3S. The van der Waals surface area contributed by atoms with Crippen LogP contribution in [0.2, 0.25) is 0 Å². The molecule has 0 unspecified atom stereocenters. The SMILES string of the molecule is CC(C)(CNC(=O)Nc1cccc(N)c1)NS(C)(=O)=O. The molecule has 0 spiro atoms. The van der Waals surface area contributed by atoms with Gasteiger partial charge in [-0.15, -0.1) is 0 Å². The van der Waals surface area contributed by atoms with Crippen LogP contribution in [-0.2, 0) is 10.0 Å². The molecule has 5 N–H and O–H groups in total. The Morgan fingerprint density at radius 1 is 1.35 bits per heavy atom. The number of carbonyl (C=O) groups excluding carboxylic acids is 1. The van der Waals surface area contributed by atoms with E-state index in [1.165, 1.54) is 0 Å². The van der Waals surface area contributed by atoms with Crippen LogP contribution in [0.3, 0.4) is 0 Å². The molecule has 112 valence electrons.